The number of hydrogen-bond acceptors (Lipinski definition) is 3. The van der Waals surface area contributed by atoms with Gasteiger partial charge in [-0.15, -0.1) is 0 Å². The number of nitrogens with zero attached hydrogens (tertiary/aromatic N) is 2. The molecule has 4 nitrogen and oxygen atoms in total. The molecule has 2 N–H and O–H groups in total. The summed E-state index contributed by atoms with van der Waals surface area (Å²) in [5.41, 5.74) is 8.47. The van der Waals surface area contributed by atoms with Crippen LogP contribution in [-0.4, -0.2) is 22.4 Å². The van der Waals surface area contributed by atoms with E-state index in [1.807, 2.05) is 37.6 Å². The van der Waals surface area contributed by atoms with Gasteiger partial charge in [-0.25, -0.2) is 0 Å². The molecule has 0 aliphatic carbocycles. The molecule has 0 amide bonds. The summed E-state index contributed by atoms with van der Waals surface area (Å²) in [4.78, 5) is 0. The smallest absolute Gasteiger partial charge is 0.119 e. The molecule has 1 aromatic carbocycles. The molecule has 0 aliphatic rings. The maximum Gasteiger partial charge on any atom is 0.119 e. The molecule has 1 heterocycles. The highest BCUT2D eigenvalue weighted by molar-refractivity contribution is 5.27. The van der Waals surface area contributed by atoms with Gasteiger partial charge in [-0.05, 0) is 43.0 Å². The molecule has 0 saturated heterocycles. The predicted molar refractivity (Wildman–Crippen MR) is 76.2 cm³/mol. The van der Waals surface area contributed by atoms with Crippen LogP contribution in [0.2, 0.25) is 0 Å². The monoisotopic (exact) mass is 259 g/mol. The second-order valence-corrected chi connectivity index (χ2v) is 4.94. The number of aryl methyl sites for hydroxylation is 2. The van der Waals surface area contributed by atoms with Crippen molar-refractivity contribution in [2.45, 2.75) is 25.8 Å². The van der Waals surface area contributed by atoms with Crippen molar-refractivity contribution in [2.24, 2.45) is 12.8 Å². The Kier molecular flexibility index (Phi) is 4.58. The molecule has 0 saturated carbocycles. The Labute approximate surface area is 114 Å². The van der Waals surface area contributed by atoms with E-state index in [0.717, 1.165) is 18.6 Å². The fourth-order valence-electron chi connectivity index (χ4n) is 2.02. The summed E-state index contributed by atoms with van der Waals surface area (Å²) in [5, 5.41) is 4.14. The molecule has 0 fully saturated rings. The average molecular weight is 259 g/mol. The normalized spacial score (nSPS) is 12.4. The highest BCUT2D eigenvalue weighted by Gasteiger charge is 2.06. The lowest BCUT2D eigenvalue weighted by Gasteiger charge is -2.11. The number of ether oxygens (including phenoxy) is 1. The summed E-state index contributed by atoms with van der Waals surface area (Å²) in [5.74, 6) is 0.911. The van der Waals surface area contributed by atoms with Gasteiger partial charge in [0.15, 0.2) is 0 Å². The van der Waals surface area contributed by atoms with Crippen molar-refractivity contribution in [1.29, 1.82) is 0 Å². The molecule has 102 valence electrons. The predicted octanol–water partition coefficient (Wildman–Crippen LogP) is 2.07. The molecule has 0 aliphatic heterocycles. The zero-order valence-electron chi connectivity index (χ0n) is 11.5. The van der Waals surface area contributed by atoms with Crippen molar-refractivity contribution in [3.05, 3.63) is 47.8 Å². The van der Waals surface area contributed by atoms with E-state index in [2.05, 4.69) is 18.1 Å². The number of benzene rings is 1. The Morgan fingerprint density at radius 3 is 2.95 bits per heavy atom. The Morgan fingerprint density at radius 2 is 2.26 bits per heavy atom. The zero-order chi connectivity index (χ0) is 13.7. The van der Waals surface area contributed by atoms with Gasteiger partial charge in [0.2, 0.25) is 0 Å². The van der Waals surface area contributed by atoms with Crippen molar-refractivity contribution in [3.63, 3.8) is 0 Å². The number of rotatable bonds is 6. The van der Waals surface area contributed by atoms with Crippen LogP contribution in [0.3, 0.4) is 0 Å². The first-order chi connectivity index (χ1) is 9.13. The van der Waals surface area contributed by atoms with Crippen molar-refractivity contribution in [2.75, 3.05) is 6.61 Å². The van der Waals surface area contributed by atoms with Gasteiger partial charge in [0, 0.05) is 19.3 Å². The van der Waals surface area contributed by atoms with Crippen molar-refractivity contribution in [1.82, 2.24) is 9.78 Å². The molecular formula is C15H21N3O. The van der Waals surface area contributed by atoms with E-state index in [4.69, 9.17) is 10.5 Å². The minimum Gasteiger partial charge on any atom is -0.494 e. The quantitative estimate of drug-likeness (QED) is 0.864. The summed E-state index contributed by atoms with van der Waals surface area (Å²) in [6.45, 7) is 2.70. The minimum atomic E-state index is 0.106. The van der Waals surface area contributed by atoms with Crippen LogP contribution >= 0.6 is 0 Å². The molecule has 0 radical (unpaired) electrons. The van der Waals surface area contributed by atoms with Crippen LogP contribution in [0.25, 0.3) is 0 Å². The molecule has 19 heavy (non-hydrogen) atoms. The zero-order valence-corrected chi connectivity index (χ0v) is 11.5. The van der Waals surface area contributed by atoms with Crippen LogP contribution in [0.1, 0.15) is 17.5 Å². The van der Waals surface area contributed by atoms with Crippen LogP contribution in [0.5, 0.6) is 5.75 Å². The lowest BCUT2D eigenvalue weighted by atomic mass is 10.1. The lowest BCUT2D eigenvalue weighted by molar-refractivity contribution is 0.297. The van der Waals surface area contributed by atoms with Gasteiger partial charge in [0.25, 0.3) is 0 Å². The number of nitrogens with two attached hydrogens (primary N) is 1. The van der Waals surface area contributed by atoms with E-state index in [-0.39, 0.29) is 6.04 Å². The highest BCUT2D eigenvalue weighted by Crippen LogP contribution is 2.13. The minimum absolute atomic E-state index is 0.106. The Bertz CT molecular complexity index is 522. The van der Waals surface area contributed by atoms with Crippen LogP contribution in [0.4, 0.5) is 0 Å². The third kappa shape index (κ3) is 4.41. The van der Waals surface area contributed by atoms with Crippen molar-refractivity contribution < 1.29 is 4.74 Å². The Hall–Kier alpha value is -1.81. The molecule has 2 aromatic rings. The maximum absolute atomic E-state index is 6.09. The average Bonchev–Trinajstić information content (AvgIpc) is 2.75. The van der Waals surface area contributed by atoms with E-state index >= 15 is 0 Å². The molecule has 1 aromatic heterocycles. The van der Waals surface area contributed by atoms with Crippen LogP contribution in [0.15, 0.2) is 36.7 Å². The van der Waals surface area contributed by atoms with Gasteiger partial charge < -0.3 is 10.5 Å². The maximum atomic E-state index is 6.09. The summed E-state index contributed by atoms with van der Waals surface area (Å²) in [7, 11) is 1.91. The van der Waals surface area contributed by atoms with E-state index in [1.165, 1.54) is 11.1 Å². The third-order valence-electron chi connectivity index (χ3n) is 3.00. The second kappa shape index (κ2) is 6.38. The van der Waals surface area contributed by atoms with Crippen LogP contribution < -0.4 is 10.5 Å². The summed E-state index contributed by atoms with van der Waals surface area (Å²) in [6.07, 6.45) is 5.54. The van der Waals surface area contributed by atoms with Gasteiger partial charge in [-0.1, -0.05) is 12.1 Å². The summed E-state index contributed by atoms with van der Waals surface area (Å²) < 4.78 is 7.50. The fourth-order valence-corrected chi connectivity index (χ4v) is 2.02. The first kappa shape index (κ1) is 13.6. The third-order valence-corrected chi connectivity index (χ3v) is 3.00. The fraction of sp³-hybridized carbons (Fsp3) is 0.400. The van der Waals surface area contributed by atoms with Crippen LogP contribution in [-0.2, 0) is 13.5 Å². The van der Waals surface area contributed by atoms with E-state index < -0.39 is 0 Å². The summed E-state index contributed by atoms with van der Waals surface area (Å²) in [6, 6.07) is 8.17. The number of hydrogen-bond donors (Lipinski definition) is 1. The topological polar surface area (TPSA) is 53.1 Å². The van der Waals surface area contributed by atoms with Crippen molar-refractivity contribution >= 4 is 0 Å². The standard InChI is InChI=1S/C15H21N3O/c1-12-4-3-5-15(8-12)19-7-6-14(16)9-13-10-17-18(2)11-13/h3-5,8,10-11,14H,6-7,9,16H2,1-2H3. The van der Waals surface area contributed by atoms with Gasteiger partial charge in [0.1, 0.15) is 5.75 Å². The molecule has 0 spiro atoms. The molecular weight excluding hydrogens is 238 g/mol. The molecule has 0 bridgehead atoms. The molecule has 1 atom stereocenters. The van der Waals surface area contributed by atoms with Crippen molar-refractivity contribution in [3.8, 4) is 5.75 Å². The SMILES string of the molecule is Cc1cccc(OCCC(N)Cc2cnn(C)c2)c1. The van der Waals surface area contributed by atoms with E-state index in [9.17, 15) is 0 Å². The number of aromatic nitrogens is 2. The van der Waals surface area contributed by atoms with Gasteiger partial charge in [-0.3, -0.25) is 4.68 Å². The highest BCUT2D eigenvalue weighted by atomic mass is 16.5. The lowest BCUT2D eigenvalue weighted by Crippen LogP contribution is -2.25. The van der Waals surface area contributed by atoms with Crippen LogP contribution in [0, 0.1) is 6.92 Å². The van der Waals surface area contributed by atoms with Gasteiger partial charge in [-0.2, -0.15) is 5.10 Å². The second-order valence-electron chi connectivity index (χ2n) is 4.94. The molecule has 2 rings (SSSR count). The molecule has 1 unspecified atom stereocenters. The largest absolute Gasteiger partial charge is 0.494 e. The van der Waals surface area contributed by atoms with E-state index in [1.54, 1.807) is 4.68 Å². The van der Waals surface area contributed by atoms with E-state index in [0.29, 0.717) is 6.61 Å². The van der Waals surface area contributed by atoms with Gasteiger partial charge >= 0.3 is 0 Å². The molecule has 4 heteroatoms. The first-order valence-corrected chi connectivity index (χ1v) is 6.56. The first-order valence-electron chi connectivity index (χ1n) is 6.56. The summed E-state index contributed by atoms with van der Waals surface area (Å²) >= 11 is 0. The Balaban J connectivity index is 1.73. The Morgan fingerprint density at radius 1 is 1.42 bits per heavy atom. The van der Waals surface area contributed by atoms with Gasteiger partial charge in [0.05, 0.1) is 12.8 Å².